The molecule has 1 aromatic carbocycles. The van der Waals surface area contributed by atoms with Crippen LogP contribution in [0.15, 0.2) is 18.2 Å². The number of hydrogen-bond acceptors (Lipinski definition) is 4. The second kappa shape index (κ2) is 6.06. The van der Waals surface area contributed by atoms with Crippen molar-refractivity contribution in [3.63, 3.8) is 0 Å². The molecule has 6 nitrogen and oxygen atoms in total. The van der Waals surface area contributed by atoms with E-state index in [0.717, 1.165) is 6.07 Å². The number of carboxylic acids is 1. The van der Waals surface area contributed by atoms with Crippen molar-refractivity contribution in [2.75, 3.05) is 6.54 Å². The van der Waals surface area contributed by atoms with E-state index in [1.807, 2.05) is 0 Å². The fourth-order valence-electron chi connectivity index (χ4n) is 1.64. The maximum Gasteiger partial charge on any atom is 0.306 e. The van der Waals surface area contributed by atoms with Gasteiger partial charge in [0, 0.05) is 6.07 Å². The lowest BCUT2D eigenvalue weighted by atomic mass is 9.95. The number of nitrogens with zero attached hydrogens (tertiary/aromatic N) is 1. The molecule has 0 aliphatic rings. The molecule has 18 heavy (non-hydrogen) atoms. The Hall–Kier alpha value is -2.02. The van der Waals surface area contributed by atoms with E-state index in [1.54, 1.807) is 0 Å². The van der Waals surface area contributed by atoms with Gasteiger partial charge in [0.2, 0.25) is 5.82 Å². The Morgan fingerprint density at radius 2 is 2.22 bits per heavy atom. The Balaban J connectivity index is 2.99. The van der Waals surface area contributed by atoms with E-state index in [-0.39, 0.29) is 24.9 Å². The highest BCUT2D eigenvalue weighted by atomic mass is 19.1. The van der Waals surface area contributed by atoms with Crippen LogP contribution in [0.4, 0.5) is 10.1 Å². The van der Waals surface area contributed by atoms with Gasteiger partial charge in [0.15, 0.2) is 0 Å². The average molecular weight is 256 g/mol. The normalized spacial score (nSPS) is 12.1. The van der Waals surface area contributed by atoms with Gasteiger partial charge < -0.3 is 10.8 Å². The first-order chi connectivity index (χ1) is 8.47. The molecule has 0 amide bonds. The van der Waals surface area contributed by atoms with Crippen molar-refractivity contribution in [1.29, 1.82) is 0 Å². The van der Waals surface area contributed by atoms with E-state index in [2.05, 4.69) is 0 Å². The van der Waals surface area contributed by atoms with Crippen LogP contribution in [0.3, 0.4) is 0 Å². The summed E-state index contributed by atoms with van der Waals surface area (Å²) in [6.07, 6.45) is 0.0809. The molecule has 0 radical (unpaired) electrons. The van der Waals surface area contributed by atoms with Crippen molar-refractivity contribution in [2.24, 2.45) is 11.7 Å². The fraction of sp³-hybridized carbons (Fsp3) is 0.364. The molecule has 1 rings (SSSR count). The van der Waals surface area contributed by atoms with Gasteiger partial charge in [-0.3, -0.25) is 14.9 Å². The lowest BCUT2D eigenvalue weighted by molar-refractivity contribution is -0.387. The van der Waals surface area contributed by atoms with Gasteiger partial charge in [-0.05, 0) is 24.9 Å². The monoisotopic (exact) mass is 256 g/mol. The molecule has 7 heteroatoms. The number of nitro benzene ring substituents is 1. The van der Waals surface area contributed by atoms with Crippen molar-refractivity contribution in [2.45, 2.75) is 12.8 Å². The quantitative estimate of drug-likeness (QED) is 0.589. The van der Waals surface area contributed by atoms with Gasteiger partial charge in [-0.15, -0.1) is 0 Å². The molecular weight excluding hydrogens is 243 g/mol. The Bertz CT molecular complexity index is 464. The third kappa shape index (κ3) is 3.24. The zero-order chi connectivity index (χ0) is 13.7. The van der Waals surface area contributed by atoms with E-state index in [9.17, 15) is 19.3 Å². The molecule has 0 bridgehead atoms. The largest absolute Gasteiger partial charge is 0.481 e. The predicted molar refractivity (Wildman–Crippen MR) is 61.6 cm³/mol. The number of nitro groups is 1. The van der Waals surface area contributed by atoms with Gasteiger partial charge >= 0.3 is 11.7 Å². The molecule has 98 valence electrons. The van der Waals surface area contributed by atoms with E-state index in [0.29, 0.717) is 0 Å². The first kappa shape index (κ1) is 14.0. The van der Waals surface area contributed by atoms with Crippen LogP contribution >= 0.6 is 0 Å². The van der Waals surface area contributed by atoms with Crippen molar-refractivity contribution in [3.05, 3.63) is 39.7 Å². The minimum Gasteiger partial charge on any atom is -0.481 e. The first-order valence-electron chi connectivity index (χ1n) is 5.32. The summed E-state index contributed by atoms with van der Waals surface area (Å²) in [4.78, 5) is 20.6. The maximum absolute atomic E-state index is 13.7. The smallest absolute Gasteiger partial charge is 0.306 e. The summed E-state index contributed by atoms with van der Waals surface area (Å²) in [5.41, 5.74) is 4.64. The average Bonchev–Trinajstić information content (AvgIpc) is 2.30. The molecule has 1 unspecified atom stereocenters. The van der Waals surface area contributed by atoms with Crippen LogP contribution in [0.2, 0.25) is 0 Å². The van der Waals surface area contributed by atoms with Crippen LogP contribution in [0, 0.1) is 21.8 Å². The Morgan fingerprint density at radius 1 is 1.56 bits per heavy atom. The molecule has 0 aliphatic heterocycles. The molecule has 0 saturated carbocycles. The molecule has 0 aliphatic carbocycles. The Kier molecular flexibility index (Phi) is 4.73. The summed E-state index contributed by atoms with van der Waals surface area (Å²) in [5, 5.41) is 19.5. The van der Waals surface area contributed by atoms with Gasteiger partial charge in [0.1, 0.15) is 0 Å². The van der Waals surface area contributed by atoms with E-state index >= 15 is 0 Å². The predicted octanol–water partition coefficient (Wildman–Crippen LogP) is 1.33. The minimum atomic E-state index is -1.09. The second-order valence-corrected chi connectivity index (χ2v) is 3.82. The Labute approximate surface area is 102 Å². The molecule has 0 aromatic heterocycles. The molecular formula is C11H13FN2O4. The van der Waals surface area contributed by atoms with E-state index < -0.39 is 28.3 Å². The molecule has 0 fully saturated rings. The summed E-state index contributed by atoms with van der Waals surface area (Å²) >= 11 is 0. The van der Waals surface area contributed by atoms with Crippen LogP contribution in [0.25, 0.3) is 0 Å². The van der Waals surface area contributed by atoms with Crippen LogP contribution in [-0.4, -0.2) is 22.5 Å². The lowest BCUT2D eigenvalue weighted by Gasteiger charge is -2.11. The standard InChI is InChI=1S/C11H13FN2O4/c12-10-7(2-1-3-9(10)14(17)18)6-8(4-5-13)11(15)16/h1-3,8H,4-6,13H2,(H,15,16). The third-order valence-corrected chi connectivity index (χ3v) is 2.59. The summed E-state index contributed by atoms with van der Waals surface area (Å²) < 4.78 is 13.7. The molecule has 1 aromatic rings. The number of benzene rings is 1. The van der Waals surface area contributed by atoms with Crippen LogP contribution in [0.5, 0.6) is 0 Å². The number of rotatable bonds is 6. The second-order valence-electron chi connectivity index (χ2n) is 3.82. The number of hydrogen-bond donors (Lipinski definition) is 2. The molecule has 0 saturated heterocycles. The Morgan fingerprint density at radius 3 is 2.72 bits per heavy atom. The molecule has 1 atom stereocenters. The highest BCUT2D eigenvalue weighted by molar-refractivity contribution is 5.70. The maximum atomic E-state index is 13.7. The lowest BCUT2D eigenvalue weighted by Crippen LogP contribution is -2.20. The number of carboxylic acid groups (broad SMARTS) is 1. The molecule has 0 spiro atoms. The van der Waals surface area contributed by atoms with Crippen molar-refractivity contribution in [1.82, 2.24) is 0 Å². The van der Waals surface area contributed by atoms with Gasteiger partial charge in [0.25, 0.3) is 0 Å². The zero-order valence-electron chi connectivity index (χ0n) is 9.51. The summed E-state index contributed by atoms with van der Waals surface area (Å²) in [7, 11) is 0. The van der Waals surface area contributed by atoms with Crippen LogP contribution in [0.1, 0.15) is 12.0 Å². The van der Waals surface area contributed by atoms with Gasteiger partial charge in [-0.2, -0.15) is 4.39 Å². The minimum absolute atomic E-state index is 0.0186. The summed E-state index contributed by atoms with van der Waals surface area (Å²) in [6.45, 7) is 0.160. The third-order valence-electron chi connectivity index (χ3n) is 2.59. The number of nitrogens with two attached hydrogens (primary N) is 1. The number of aliphatic carboxylic acids is 1. The van der Waals surface area contributed by atoms with E-state index in [1.165, 1.54) is 12.1 Å². The fourth-order valence-corrected chi connectivity index (χ4v) is 1.64. The molecule has 3 N–H and O–H groups in total. The molecule has 0 heterocycles. The summed E-state index contributed by atoms with van der Waals surface area (Å²) in [6, 6.07) is 3.71. The summed E-state index contributed by atoms with van der Waals surface area (Å²) in [5.74, 6) is -2.91. The van der Waals surface area contributed by atoms with Crippen LogP contribution in [-0.2, 0) is 11.2 Å². The first-order valence-corrected chi connectivity index (χ1v) is 5.32. The highest BCUT2D eigenvalue weighted by Crippen LogP contribution is 2.23. The van der Waals surface area contributed by atoms with Gasteiger partial charge in [-0.25, -0.2) is 0 Å². The van der Waals surface area contributed by atoms with Crippen molar-refractivity contribution in [3.8, 4) is 0 Å². The highest BCUT2D eigenvalue weighted by Gasteiger charge is 2.23. The van der Waals surface area contributed by atoms with Crippen molar-refractivity contribution >= 4 is 11.7 Å². The SMILES string of the molecule is NCCC(Cc1cccc([N+](=O)[O-])c1F)C(=O)O. The van der Waals surface area contributed by atoms with Crippen LogP contribution < -0.4 is 5.73 Å². The number of halogens is 1. The topological polar surface area (TPSA) is 106 Å². The zero-order valence-corrected chi connectivity index (χ0v) is 9.51. The van der Waals surface area contributed by atoms with Gasteiger partial charge in [0.05, 0.1) is 10.8 Å². The van der Waals surface area contributed by atoms with E-state index in [4.69, 9.17) is 10.8 Å². The van der Waals surface area contributed by atoms with Crippen molar-refractivity contribution < 1.29 is 19.2 Å². The number of carbonyl (C=O) groups is 1. The van der Waals surface area contributed by atoms with Gasteiger partial charge in [-0.1, -0.05) is 12.1 Å².